The van der Waals surface area contributed by atoms with E-state index in [9.17, 15) is 9.59 Å². The number of ether oxygens (including phenoxy) is 1. The first kappa shape index (κ1) is 29.4. The number of likely N-dealkylation sites (tertiary alicyclic amines) is 1. The third-order valence-electron chi connectivity index (χ3n) is 9.13. The van der Waals surface area contributed by atoms with Gasteiger partial charge in [0.15, 0.2) is 0 Å². The van der Waals surface area contributed by atoms with Crippen molar-refractivity contribution in [3.05, 3.63) is 63.6 Å². The Labute approximate surface area is 249 Å². The first-order valence-corrected chi connectivity index (χ1v) is 15.6. The fourth-order valence-electron chi connectivity index (χ4n) is 7.10. The molecular formula is C33H42Cl2N2O3. The van der Waals surface area contributed by atoms with Gasteiger partial charge in [0.1, 0.15) is 5.75 Å². The molecule has 0 N–H and O–H groups in total. The van der Waals surface area contributed by atoms with Gasteiger partial charge in [-0.2, -0.15) is 0 Å². The number of fused-ring (bicyclic) bond motifs is 1. The van der Waals surface area contributed by atoms with Crippen molar-refractivity contribution in [3.63, 3.8) is 0 Å². The maximum Gasteiger partial charge on any atom is 0.308 e. The molecule has 0 spiro atoms. The van der Waals surface area contributed by atoms with E-state index in [0.29, 0.717) is 34.1 Å². The second-order valence-electron chi connectivity index (χ2n) is 12.7. The number of carbonyl (C=O) groups is 2. The van der Waals surface area contributed by atoms with E-state index in [-0.39, 0.29) is 23.3 Å². The fraction of sp³-hybridized carbons (Fsp3) is 0.576. The highest BCUT2D eigenvalue weighted by atomic mass is 35.5. The highest BCUT2D eigenvalue weighted by Crippen LogP contribution is 2.51. The van der Waals surface area contributed by atoms with Gasteiger partial charge >= 0.3 is 5.97 Å². The van der Waals surface area contributed by atoms with Crippen LogP contribution in [0.4, 0.5) is 0 Å². The topological polar surface area (TPSA) is 49.9 Å². The molecular weight excluding hydrogens is 543 g/mol. The number of rotatable bonds is 9. The molecule has 5 nitrogen and oxygen atoms in total. The Hall–Kier alpha value is -2.08. The minimum Gasteiger partial charge on any atom is -0.427 e. The summed E-state index contributed by atoms with van der Waals surface area (Å²) in [5.41, 5.74) is 2.07. The summed E-state index contributed by atoms with van der Waals surface area (Å²) in [4.78, 5) is 30.5. The number of benzene rings is 2. The summed E-state index contributed by atoms with van der Waals surface area (Å²) in [7, 11) is 0. The van der Waals surface area contributed by atoms with Crippen molar-refractivity contribution in [2.75, 3.05) is 26.2 Å². The molecule has 3 atom stereocenters. The molecule has 3 fully saturated rings. The number of hydrogen-bond donors (Lipinski definition) is 0. The molecule has 216 valence electrons. The molecule has 5 rings (SSSR count). The van der Waals surface area contributed by atoms with Gasteiger partial charge in [0.05, 0.1) is 16.5 Å². The fourth-order valence-corrected chi connectivity index (χ4v) is 7.42. The van der Waals surface area contributed by atoms with Crippen molar-refractivity contribution < 1.29 is 14.3 Å². The summed E-state index contributed by atoms with van der Waals surface area (Å²) in [5, 5.41) is 0.980. The summed E-state index contributed by atoms with van der Waals surface area (Å²) in [6.07, 6.45) is 7.12. The van der Waals surface area contributed by atoms with Crippen LogP contribution in [0.5, 0.6) is 5.75 Å². The number of carbonyl (C=O) groups excluding carboxylic acids is 2. The molecule has 40 heavy (non-hydrogen) atoms. The average Bonchev–Trinajstić information content (AvgIpc) is 3.73. The van der Waals surface area contributed by atoms with E-state index >= 15 is 0 Å². The first-order chi connectivity index (χ1) is 19.1. The van der Waals surface area contributed by atoms with E-state index < -0.39 is 0 Å². The monoisotopic (exact) mass is 584 g/mol. The van der Waals surface area contributed by atoms with Gasteiger partial charge in [-0.05, 0) is 98.2 Å². The van der Waals surface area contributed by atoms with Crippen molar-refractivity contribution in [1.82, 2.24) is 9.80 Å². The van der Waals surface area contributed by atoms with Crippen LogP contribution in [0.1, 0.15) is 70.4 Å². The Morgan fingerprint density at radius 1 is 1.07 bits per heavy atom. The lowest BCUT2D eigenvalue weighted by Gasteiger charge is -2.55. The van der Waals surface area contributed by atoms with Gasteiger partial charge in [-0.25, -0.2) is 0 Å². The molecule has 2 saturated carbocycles. The zero-order chi connectivity index (χ0) is 28.4. The van der Waals surface area contributed by atoms with E-state index in [2.05, 4.69) is 35.8 Å². The maximum atomic E-state index is 13.9. The standard InChI is InChI=1S/C33H42Cl2N2O3/c1-22(2)19-37(32(39)16-25-9-12-30(34)31(35)15-25)28-11-10-27-21-36(20-24-7-8-24)14-13-33(27,18-28)26-5-4-6-29(17-26)40-23(3)38/h4-6,9,12,15,17,22,24,27-28H,7-8,10-11,13-14,16,18-21H2,1-3H3/t27-,28-,33+/m1/s1. The largest absolute Gasteiger partial charge is 0.427 e. The third kappa shape index (κ3) is 6.86. The SMILES string of the molecule is CC(=O)Oc1cccc([C@@]23CCN(CC4CC4)C[C@H]2CC[C@@H](N(CC(C)C)C(=O)Cc2ccc(Cl)c(Cl)c2)C3)c1. The van der Waals surface area contributed by atoms with Gasteiger partial charge in [0.2, 0.25) is 5.91 Å². The molecule has 1 saturated heterocycles. The van der Waals surface area contributed by atoms with Crippen LogP contribution in [0.15, 0.2) is 42.5 Å². The number of halogens is 2. The number of nitrogens with zero attached hydrogens (tertiary/aromatic N) is 2. The minimum absolute atomic E-state index is 0.0573. The summed E-state index contributed by atoms with van der Waals surface area (Å²) in [6, 6.07) is 13.8. The zero-order valence-electron chi connectivity index (χ0n) is 24.0. The van der Waals surface area contributed by atoms with Crippen LogP contribution < -0.4 is 4.74 Å². The Morgan fingerprint density at radius 2 is 1.88 bits per heavy atom. The quantitative estimate of drug-likeness (QED) is 0.231. The van der Waals surface area contributed by atoms with Gasteiger partial charge in [0.25, 0.3) is 0 Å². The van der Waals surface area contributed by atoms with Gasteiger partial charge in [-0.1, -0.05) is 55.2 Å². The lowest BCUT2D eigenvalue weighted by molar-refractivity contribution is -0.136. The molecule has 1 heterocycles. The predicted octanol–water partition coefficient (Wildman–Crippen LogP) is 7.17. The van der Waals surface area contributed by atoms with Crippen LogP contribution >= 0.6 is 23.2 Å². The Kier molecular flexibility index (Phi) is 9.14. The lowest BCUT2D eigenvalue weighted by Crippen LogP contribution is -2.57. The number of amides is 1. The number of esters is 1. The van der Waals surface area contributed by atoms with E-state index in [1.165, 1.54) is 31.9 Å². The number of hydrogen-bond acceptors (Lipinski definition) is 4. The molecule has 3 aliphatic rings. The maximum absolute atomic E-state index is 13.9. The summed E-state index contributed by atoms with van der Waals surface area (Å²) in [6.45, 7) is 9.92. The molecule has 7 heteroatoms. The predicted molar refractivity (Wildman–Crippen MR) is 161 cm³/mol. The Balaban J connectivity index is 1.43. The van der Waals surface area contributed by atoms with Crippen molar-refractivity contribution >= 4 is 35.1 Å². The lowest BCUT2D eigenvalue weighted by atomic mass is 9.57. The molecule has 1 amide bonds. The van der Waals surface area contributed by atoms with Crippen LogP contribution in [0.2, 0.25) is 10.0 Å². The second-order valence-corrected chi connectivity index (χ2v) is 13.5. The van der Waals surface area contributed by atoms with Gasteiger partial charge in [-0.15, -0.1) is 0 Å². The van der Waals surface area contributed by atoms with E-state index in [4.69, 9.17) is 27.9 Å². The van der Waals surface area contributed by atoms with Crippen LogP contribution in [0, 0.1) is 17.8 Å². The van der Waals surface area contributed by atoms with Gasteiger partial charge < -0.3 is 14.5 Å². The van der Waals surface area contributed by atoms with E-state index in [1.807, 2.05) is 24.3 Å². The average molecular weight is 586 g/mol. The molecule has 0 bridgehead atoms. The Morgan fingerprint density at radius 3 is 2.58 bits per heavy atom. The van der Waals surface area contributed by atoms with Gasteiger partial charge in [-0.3, -0.25) is 9.59 Å². The molecule has 0 aromatic heterocycles. The molecule has 2 aliphatic carbocycles. The normalized spacial score (nSPS) is 24.9. The number of piperidine rings is 1. The van der Waals surface area contributed by atoms with Gasteiger partial charge in [0, 0.05) is 38.0 Å². The smallest absolute Gasteiger partial charge is 0.308 e. The summed E-state index contributed by atoms with van der Waals surface area (Å²) in [5.74, 6) is 2.19. The van der Waals surface area contributed by atoms with Crippen molar-refractivity contribution in [2.24, 2.45) is 17.8 Å². The van der Waals surface area contributed by atoms with Crippen LogP contribution in [0.25, 0.3) is 0 Å². The van der Waals surface area contributed by atoms with Crippen molar-refractivity contribution in [3.8, 4) is 5.75 Å². The minimum atomic E-state index is -0.303. The molecule has 0 unspecified atom stereocenters. The van der Waals surface area contributed by atoms with Crippen LogP contribution in [-0.4, -0.2) is 53.9 Å². The summed E-state index contributed by atoms with van der Waals surface area (Å²) < 4.78 is 5.52. The third-order valence-corrected chi connectivity index (χ3v) is 9.87. The molecule has 1 aliphatic heterocycles. The molecule has 0 radical (unpaired) electrons. The van der Waals surface area contributed by atoms with Crippen molar-refractivity contribution in [2.45, 2.75) is 77.2 Å². The van der Waals surface area contributed by atoms with Crippen LogP contribution in [-0.2, 0) is 21.4 Å². The first-order valence-electron chi connectivity index (χ1n) is 14.9. The highest BCUT2D eigenvalue weighted by molar-refractivity contribution is 6.42. The van der Waals surface area contributed by atoms with Crippen LogP contribution in [0.3, 0.4) is 0 Å². The zero-order valence-corrected chi connectivity index (χ0v) is 25.5. The van der Waals surface area contributed by atoms with E-state index in [0.717, 1.165) is 56.8 Å². The highest BCUT2D eigenvalue weighted by Gasteiger charge is 2.50. The van der Waals surface area contributed by atoms with E-state index in [1.54, 1.807) is 6.07 Å². The second kappa shape index (κ2) is 12.4. The molecule has 2 aromatic rings. The van der Waals surface area contributed by atoms with Crippen molar-refractivity contribution in [1.29, 1.82) is 0 Å². The molecule has 2 aromatic carbocycles. The summed E-state index contributed by atoms with van der Waals surface area (Å²) >= 11 is 12.4. The Bertz CT molecular complexity index is 1230.